The van der Waals surface area contributed by atoms with Gasteiger partial charge in [0.05, 0.1) is 11.0 Å². The topological polar surface area (TPSA) is 24.9 Å². The summed E-state index contributed by atoms with van der Waals surface area (Å²) in [5, 5.41) is 4.16. The molecular formula is C14H16F2N2S. The molecule has 0 aliphatic heterocycles. The number of nitrogens with one attached hydrogen (secondary N) is 1. The summed E-state index contributed by atoms with van der Waals surface area (Å²) in [5.74, 6) is -0.831. The van der Waals surface area contributed by atoms with Crippen molar-refractivity contribution in [1.82, 2.24) is 10.3 Å². The van der Waals surface area contributed by atoms with Crippen LogP contribution in [0, 0.1) is 18.6 Å². The van der Waals surface area contributed by atoms with Crippen molar-refractivity contribution in [3.05, 3.63) is 51.5 Å². The third kappa shape index (κ3) is 3.36. The smallest absolute Gasteiger partial charge is 0.128 e. The highest BCUT2D eigenvalue weighted by molar-refractivity contribution is 7.11. The van der Waals surface area contributed by atoms with Crippen LogP contribution >= 0.6 is 11.3 Å². The van der Waals surface area contributed by atoms with Gasteiger partial charge in [0, 0.05) is 16.6 Å². The van der Waals surface area contributed by atoms with Gasteiger partial charge < -0.3 is 5.32 Å². The molecule has 1 unspecified atom stereocenters. The first-order valence-corrected chi connectivity index (χ1v) is 7.04. The first kappa shape index (κ1) is 14.1. The predicted molar refractivity (Wildman–Crippen MR) is 73.3 cm³/mol. The second-order valence-corrected chi connectivity index (χ2v) is 5.60. The van der Waals surface area contributed by atoms with E-state index in [1.165, 1.54) is 23.5 Å². The van der Waals surface area contributed by atoms with Gasteiger partial charge >= 0.3 is 0 Å². The Morgan fingerprint density at radius 1 is 1.37 bits per heavy atom. The SMILES string of the molecule is CCCNC(c1cnc(C)s1)c1cc(F)ccc1F. The second kappa shape index (κ2) is 6.21. The summed E-state index contributed by atoms with van der Waals surface area (Å²) >= 11 is 1.49. The molecule has 0 saturated carbocycles. The predicted octanol–water partition coefficient (Wildman–Crippen LogP) is 3.82. The van der Waals surface area contributed by atoms with E-state index in [-0.39, 0.29) is 6.04 Å². The Labute approximate surface area is 115 Å². The first-order chi connectivity index (χ1) is 9.11. The van der Waals surface area contributed by atoms with Crippen molar-refractivity contribution in [2.75, 3.05) is 6.54 Å². The Hall–Kier alpha value is -1.33. The molecule has 102 valence electrons. The molecule has 1 heterocycles. The Morgan fingerprint density at radius 2 is 2.16 bits per heavy atom. The second-order valence-electron chi connectivity index (χ2n) is 4.33. The minimum absolute atomic E-state index is 0.331. The highest BCUT2D eigenvalue weighted by atomic mass is 32.1. The zero-order valence-electron chi connectivity index (χ0n) is 10.9. The average Bonchev–Trinajstić information content (AvgIpc) is 2.80. The minimum atomic E-state index is -0.430. The third-order valence-electron chi connectivity index (χ3n) is 2.79. The lowest BCUT2D eigenvalue weighted by Crippen LogP contribution is -2.23. The molecule has 1 aromatic heterocycles. The summed E-state index contributed by atoms with van der Waals surface area (Å²) in [6.45, 7) is 4.66. The van der Waals surface area contributed by atoms with Crippen molar-refractivity contribution in [1.29, 1.82) is 0 Å². The van der Waals surface area contributed by atoms with Gasteiger partial charge in [0.25, 0.3) is 0 Å². The van der Waals surface area contributed by atoms with Gasteiger partial charge in [-0.3, -0.25) is 0 Å². The fourth-order valence-corrected chi connectivity index (χ4v) is 2.78. The molecule has 19 heavy (non-hydrogen) atoms. The number of hydrogen-bond acceptors (Lipinski definition) is 3. The van der Waals surface area contributed by atoms with Crippen molar-refractivity contribution in [3.8, 4) is 0 Å². The normalized spacial score (nSPS) is 12.6. The van der Waals surface area contributed by atoms with Crippen LogP contribution in [0.25, 0.3) is 0 Å². The van der Waals surface area contributed by atoms with E-state index in [1.54, 1.807) is 6.20 Å². The molecule has 1 aromatic carbocycles. The monoisotopic (exact) mass is 282 g/mol. The van der Waals surface area contributed by atoms with Crippen LogP contribution in [0.3, 0.4) is 0 Å². The minimum Gasteiger partial charge on any atom is -0.305 e. The molecule has 0 spiro atoms. The summed E-state index contributed by atoms with van der Waals surface area (Å²) in [4.78, 5) is 5.08. The molecule has 0 aliphatic rings. The van der Waals surface area contributed by atoms with Crippen LogP contribution in [-0.2, 0) is 0 Å². The summed E-state index contributed by atoms with van der Waals surface area (Å²) in [6, 6.07) is 3.20. The zero-order chi connectivity index (χ0) is 13.8. The van der Waals surface area contributed by atoms with Gasteiger partial charge in [-0.1, -0.05) is 6.92 Å². The van der Waals surface area contributed by atoms with Crippen LogP contribution in [-0.4, -0.2) is 11.5 Å². The molecule has 2 nitrogen and oxygen atoms in total. The number of halogens is 2. The molecule has 0 radical (unpaired) electrons. The van der Waals surface area contributed by atoms with Crippen molar-refractivity contribution < 1.29 is 8.78 Å². The quantitative estimate of drug-likeness (QED) is 0.901. The standard InChI is InChI=1S/C14H16F2N2S/c1-3-6-17-14(13-8-18-9(2)19-13)11-7-10(15)4-5-12(11)16/h4-5,7-8,14,17H,3,6H2,1-2H3. The highest BCUT2D eigenvalue weighted by Crippen LogP contribution is 2.29. The van der Waals surface area contributed by atoms with Gasteiger partial charge in [-0.15, -0.1) is 11.3 Å². The van der Waals surface area contributed by atoms with Gasteiger partial charge in [0.2, 0.25) is 0 Å². The summed E-state index contributed by atoms with van der Waals surface area (Å²) in [7, 11) is 0. The van der Waals surface area contributed by atoms with E-state index in [2.05, 4.69) is 10.3 Å². The zero-order valence-corrected chi connectivity index (χ0v) is 11.7. The van der Waals surface area contributed by atoms with Crippen LogP contribution in [0.2, 0.25) is 0 Å². The fraction of sp³-hybridized carbons (Fsp3) is 0.357. The molecule has 1 atom stereocenters. The van der Waals surface area contributed by atoms with E-state index < -0.39 is 11.6 Å². The Balaban J connectivity index is 2.39. The Kier molecular flexibility index (Phi) is 4.61. The van der Waals surface area contributed by atoms with Crippen molar-refractivity contribution in [2.24, 2.45) is 0 Å². The van der Waals surface area contributed by atoms with Crippen LogP contribution < -0.4 is 5.32 Å². The van der Waals surface area contributed by atoms with E-state index in [9.17, 15) is 8.78 Å². The van der Waals surface area contributed by atoms with Gasteiger partial charge in [-0.25, -0.2) is 13.8 Å². The molecule has 2 aromatic rings. The number of benzene rings is 1. The Morgan fingerprint density at radius 3 is 2.79 bits per heavy atom. The van der Waals surface area contributed by atoms with Crippen molar-refractivity contribution in [2.45, 2.75) is 26.3 Å². The van der Waals surface area contributed by atoms with Crippen LogP contribution in [0.5, 0.6) is 0 Å². The van der Waals surface area contributed by atoms with Crippen molar-refractivity contribution >= 4 is 11.3 Å². The molecule has 0 saturated heterocycles. The maximum absolute atomic E-state index is 13.9. The molecular weight excluding hydrogens is 266 g/mol. The van der Waals surface area contributed by atoms with Crippen molar-refractivity contribution in [3.63, 3.8) is 0 Å². The first-order valence-electron chi connectivity index (χ1n) is 6.22. The molecule has 2 rings (SSSR count). The van der Waals surface area contributed by atoms with E-state index in [0.717, 1.165) is 28.9 Å². The molecule has 0 fully saturated rings. The van der Waals surface area contributed by atoms with E-state index in [0.29, 0.717) is 5.56 Å². The lowest BCUT2D eigenvalue weighted by atomic mass is 10.0. The maximum atomic E-state index is 13.9. The summed E-state index contributed by atoms with van der Waals surface area (Å²) < 4.78 is 27.3. The van der Waals surface area contributed by atoms with Gasteiger partial charge in [-0.05, 0) is 38.1 Å². The number of rotatable bonds is 5. The molecule has 1 N–H and O–H groups in total. The van der Waals surface area contributed by atoms with Gasteiger partial charge in [0.15, 0.2) is 0 Å². The largest absolute Gasteiger partial charge is 0.305 e. The van der Waals surface area contributed by atoms with E-state index >= 15 is 0 Å². The fourth-order valence-electron chi connectivity index (χ4n) is 1.90. The number of thiazole rings is 1. The number of aryl methyl sites for hydroxylation is 1. The molecule has 5 heteroatoms. The molecule has 0 bridgehead atoms. The van der Waals surface area contributed by atoms with Crippen LogP contribution in [0.1, 0.15) is 34.8 Å². The van der Waals surface area contributed by atoms with E-state index in [1.807, 2.05) is 13.8 Å². The molecule has 0 aliphatic carbocycles. The number of aromatic nitrogens is 1. The highest BCUT2D eigenvalue weighted by Gasteiger charge is 2.20. The summed E-state index contributed by atoms with van der Waals surface area (Å²) in [5.41, 5.74) is 0.331. The average molecular weight is 282 g/mol. The summed E-state index contributed by atoms with van der Waals surface area (Å²) in [6.07, 6.45) is 2.64. The lowest BCUT2D eigenvalue weighted by Gasteiger charge is -2.18. The van der Waals surface area contributed by atoms with Gasteiger partial charge in [0.1, 0.15) is 11.6 Å². The van der Waals surface area contributed by atoms with E-state index in [4.69, 9.17) is 0 Å². The maximum Gasteiger partial charge on any atom is 0.128 e. The Bertz CT molecular complexity index is 554. The van der Waals surface area contributed by atoms with Crippen LogP contribution in [0.4, 0.5) is 8.78 Å². The molecule has 0 amide bonds. The number of hydrogen-bond donors (Lipinski definition) is 1. The lowest BCUT2D eigenvalue weighted by molar-refractivity contribution is 0.538. The van der Waals surface area contributed by atoms with Crippen LogP contribution in [0.15, 0.2) is 24.4 Å². The third-order valence-corrected chi connectivity index (χ3v) is 3.77. The number of nitrogens with zero attached hydrogens (tertiary/aromatic N) is 1. The van der Waals surface area contributed by atoms with Gasteiger partial charge in [-0.2, -0.15) is 0 Å².